The molecule has 0 radical (unpaired) electrons. The Morgan fingerprint density at radius 1 is 1.20 bits per heavy atom. The average molecular weight is 404 g/mol. The van der Waals surface area contributed by atoms with Gasteiger partial charge in [0.25, 0.3) is 0 Å². The fourth-order valence-electron chi connectivity index (χ4n) is 3.23. The second-order valence-electron chi connectivity index (χ2n) is 6.88. The molecule has 0 amide bonds. The molecule has 3 aromatic heterocycles. The molecule has 4 heterocycles. The van der Waals surface area contributed by atoms with Gasteiger partial charge in [-0.05, 0) is 12.5 Å². The van der Waals surface area contributed by atoms with Crippen LogP contribution in [0.25, 0.3) is 11.2 Å². The first-order valence-electron chi connectivity index (χ1n) is 9.60. The first-order valence-corrected chi connectivity index (χ1v) is 9.60. The number of aromatic nitrogens is 5. The van der Waals surface area contributed by atoms with Crippen LogP contribution in [-0.4, -0.2) is 57.1 Å². The number of morpholine rings is 1. The molecule has 1 saturated heterocycles. The fourth-order valence-corrected chi connectivity index (χ4v) is 3.23. The second kappa shape index (κ2) is 7.91. The fraction of sp³-hybridized carbons (Fsp3) is 0.250. The Hall–Kier alpha value is -3.79. The molecule has 1 N–H and O–H groups in total. The average Bonchev–Trinajstić information content (AvgIpc) is 3.43. The summed E-state index contributed by atoms with van der Waals surface area (Å²) in [6.45, 7) is 4.75. The monoisotopic (exact) mass is 404 g/mol. The summed E-state index contributed by atoms with van der Waals surface area (Å²) in [5, 5.41) is 7.70. The highest BCUT2D eigenvalue weighted by atomic mass is 16.5. The number of hydrogen-bond acceptors (Lipinski definition) is 9. The van der Waals surface area contributed by atoms with Gasteiger partial charge in [-0.15, -0.1) is 0 Å². The lowest BCUT2D eigenvalue weighted by molar-refractivity contribution is 0.122. The summed E-state index contributed by atoms with van der Waals surface area (Å²) in [4.78, 5) is 19.9. The van der Waals surface area contributed by atoms with Gasteiger partial charge in [-0.2, -0.15) is 15.1 Å². The van der Waals surface area contributed by atoms with Crippen molar-refractivity contribution < 1.29 is 9.15 Å². The van der Waals surface area contributed by atoms with Gasteiger partial charge in [0.15, 0.2) is 23.4 Å². The number of anilines is 3. The SMILES string of the molecule is Cc1cccc(C=Nn2cnc3c(Nc4cnco4)nc(N4CCOCC4)nc32)c1. The minimum atomic E-state index is 0.473. The molecule has 152 valence electrons. The lowest BCUT2D eigenvalue weighted by Crippen LogP contribution is -2.37. The molecule has 0 spiro atoms. The Morgan fingerprint density at radius 2 is 2.10 bits per heavy atom. The number of ether oxygens (including phenoxy) is 1. The highest BCUT2D eigenvalue weighted by Gasteiger charge is 2.20. The van der Waals surface area contributed by atoms with Crippen LogP contribution in [0.15, 0.2) is 52.7 Å². The Bertz CT molecular complexity index is 1180. The van der Waals surface area contributed by atoms with E-state index in [0.717, 1.165) is 5.56 Å². The van der Waals surface area contributed by atoms with Gasteiger partial charge in [0.1, 0.15) is 6.33 Å². The van der Waals surface area contributed by atoms with E-state index >= 15 is 0 Å². The molecule has 1 aliphatic heterocycles. The minimum absolute atomic E-state index is 0.473. The molecular weight excluding hydrogens is 384 g/mol. The van der Waals surface area contributed by atoms with E-state index in [1.165, 1.54) is 12.0 Å². The number of benzene rings is 1. The first kappa shape index (κ1) is 18.3. The van der Waals surface area contributed by atoms with Crippen molar-refractivity contribution >= 4 is 35.0 Å². The smallest absolute Gasteiger partial charge is 0.229 e. The molecule has 1 fully saturated rings. The summed E-state index contributed by atoms with van der Waals surface area (Å²) in [7, 11) is 0. The molecule has 0 atom stereocenters. The minimum Gasteiger partial charge on any atom is -0.428 e. The standard InChI is InChI=1S/C20H20N8O2/c1-14-3-2-4-15(9-14)10-23-28-12-22-17-18(24-16-11-21-13-30-16)25-20(26-19(17)28)27-5-7-29-8-6-27/h2-4,9-13H,5-8H2,1H3,(H,24,25,26). The number of nitrogens with one attached hydrogen (secondary N) is 1. The van der Waals surface area contributed by atoms with Crippen LogP contribution in [0, 0.1) is 6.92 Å². The van der Waals surface area contributed by atoms with Crippen LogP contribution < -0.4 is 10.2 Å². The number of imidazole rings is 1. The Balaban J connectivity index is 1.56. The maximum Gasteiger partial charge on any atom is 0.229 e. The number of hydrogen-bond donors (Lipinski definition) is 1. The number of nitrogens with zero attached hydrogens (tertiary/aromatic N) is 7. The topological polar surface area (TPSA) is 106 Å². The summed E-state index contributed by atoms with van der Waals surface area (Å²) in [6.07, 6.45) is 6.35. The second-order valence-corrected chi connectivity index (χ2v) is 6.88. The summed E-state index contributed by atoms with van der Waals surface area (Å²) >= 11 is 0. The van der Waals surface area contributed by atoms with Gasteiger partial charge in [0, 0.05) is 13.1 Å². The van der Waals surface area contributed by atoms with Crippen LogP contribution in [0.3, 0.4) is 0 Å². The van der Waals surface area contributed by atoms with Crippen molar-refractivity contribution in [2.75, 3.05) is 36.5 Å². The van der Waals surface area contributed by atoms with Crippen LogP contribution in [0.2, 0.25) is 0 Å². The number of oxazole rings is 1. The van der Waals surface area contributed by atoms with Crippen molar-refractivity contribution in [3.63, 3.8) is 0 Å². The zero-order valence-electron chi connectivity index (χ0n) is 16.4. The van der Waals surface area contributed by atoms with E-state index in [1.54, 1.807) is 23.4 Å². The predicted octanol–water partition coefficient (Wildman–Crippen LogP) is 2.59. The number of fused-ring (bicyclic) bond motifs is 1. The molecule has 1 aliphatic rings. The van der Waals surface area contributed by atoms with E-state index < -0.39 is 0 Å². The van der Waals surface area contributed by atoms with Gasteiger partial charge in [-0.1, -0.05) is 29.8 Å². The van der Waals surface area contributed by atoms with Crippen molar-refractivity contribution in [1.29, 1.82) is 0 Å². The van der Waals surface area contributed by atoms with E-state index in [1.807, 2.05) is 25.1 Å². The highest BCUT2D eigenvalue weighted by molar-refractivity contribution is 5.87. The molecule has 5 rings (SSSR count). The quantitative estimate of drug-likeness (QED) is 0.506. The van der Waals surface area contributed by atoms with Crippen molar-refractivity contribution in [3.8, 4) is 0 Å². The van der Waals surface area contributed by atoms with E-state index in [4.69, 9.17) is 14.1 Å². The first-order chi connectivity index (χ1) is 14.8. The lowest BCUT2D eigenvalue weighted by Gasteiger charge is -2.26. The molecule has 1 aromatic carbocycles. The van der Waals surface area contributed by atoms with E-state index in [0.29, 0.717) is 55.1 Å². The highest BCUT2D eigenvalue weighted by Crippen LogP contribution is 2.26. The van der Waals surface area contributed by atoms with Gasteiger partial charge >= 0.3 is 0 Å². The summed E-state index contributed by atoms with van der Waals surface area (Å²) in [5.41, 5.74) is 3.35. The molecule has 10 heteroatoms. The van der Waals surface area contributed by atoms with Crippen molar-refractivity contribution in [2.24, 2.45) is 5.10 Å². The predicted molar refractivity (Wildman–Crippen MR) is 112 cm³/mol. The number of aryl methyl sites for hydroxylation is 1. The normalized spacial score (nSPS) is 14.6. The molecule has 10 nitrogen and oxygen atoms in total. The van der Waals surface area contributed by atoms with Gasteiger partial charge in [0.2, 0.25) is 11.8 Å². The molecule has 0 saturated carbocycles. The molecule has 0 bridgehead atoms. The number of rotatable bonds is 5. The van der Waals surface area contributed by atoms with E-state index in [2.05, 4.69) is 36.3 Å². The Morgan fingerprint density at radius 3 is 2.90 bits per heavy atom. The van der Waals surface area contributed by atoms with E-state index in [-0.39, 0.29) is 0 Å². The molecular formula is C20H20N8O2. The zero-order chi connectivity index (χ0) is 20.3. The van der Waals surface area contributed by atoms with Crippen LogP contribution in [0.1, 0.15) is 11.1 Å². The van der Waals surface area contributed by atoms with Gasteiger partial charge in [0.05, 0.1) is 25.6 Å². The maximum absolute atomic E-state index is 5.45. The maximum atomic E-state index is 5.45. The summed E-state index contributed by atoms with van der Waals surface area (Å²) in [5.74, 6) is 1.59. The molecule has 0 unspecified atom stereocenters. The van der Waals surface area contributed by atoms with Crippen LogP contribution >= 0.6 is 0 Å². The van der Waals surface area contributed by atoms with Crippen molar-refractivity contribution in [1.82, 2.24) is 24.6 Å². The van der Waals surface area contributed by atoms with Crippen LogP contribution in [-0.2, 0) is 4.74 Å². The summed E-state index contributed by atoms with van der Waals surface area (Å²) < 4.78 is 12.4. The third-order valence-corrected chi connectivity index (χ3v) is 4.71. The van der Waals surface area contributed by atoms with E-state index in [9.17, 15) is 0 Å². The zero-order valence-corrected chi connectivity index (χ0v) is 16.4. The molecule has 4 aromatic rings. The Kier molecular flexibility index (Phi) is 4.81. The van der Waals surface area contributed by atoms with Crippen molar-refractivity contribution in [2.45, 2.75) is 6.92 Å². The largest absolute Gasteiger partial charge is 0.428 e. The Labute approximate surface area is 172 Å². The van der Waals surface area contributed by atoms with Crippen LogP contribution in [0.5, 0.6) is 0 Å². The molecule has 30 heavy (non-hydrogen) atoms. The van der Waals surface area contributed by atoms with Gasteiger partial charge in [-0.3, -0.25) is 0 Å². The lowest BCUT2D eigenvalue weighted by atomic mass is 10.2. The van der Waals surface area contributed by atoms with Crippen LogP contribution in [0.4, 0.5) is 17.7 Å². The molecule has 0 aliphatic carbocycles. The third-order valence-electron chi connectivity index (χ3n) is 4.71. The van der Waals surface area contributed by atoms with Gasteiger partial charge < -0.3 is 19.4 Å². The summed E-state index contributed by atoms with van der Waals surface area (Å²) in [6, 6.07) is 8.11. The van der Waals surface area contributed by atoms with Crippen molar-refractivity contribution in [3.05, 3.63) is 54.3 Å². The van der Waals surface area contributed by atoms with Gasteiger partial charge in [-0.25, -0.2) is 14.6 Å². The third kappa shape index (κ3) is 3.72.